The van der Waals surface area contributed by atoms with Crippen LogP contribution < -0.4 is 19.7 Å². The van der Waals surface area contributed by atoms with E-state index in [-0.39, 0.29) is 50.9 Å². The van der Waals surface area contributed by atoms with Crippen molar-refractivity contribution in [2.75, 3.05) is 11.7 Å². The number of amides is 2. The number of ether oxygens (including phenoxy) is 2. The van der Waals surface area contributed by atoms with Gasteiger partial charge in [-0.25, -0.2) is 0 Å². The molecule has 1 fully saturated rings. The molecule has 2 aromatic rings. The van der Waals surface area contributed by atoms with Crippen LogP contribution in [0.15, 0.2) is 35.9 Å². The summed E-state index contributed by atoms with van der Waals surface area (Å²) in [5.74, 6) is -1.17. The molecule has 0 spiro atoms. The van der Waals surface area contributed by atoms with Gasteiger partial charge in [-0.1, -0.05) is 23.2 Å². The van der Waals surface area contributed by atoms with E-state index in [1.807, 2.05) is 0 Å². The summed E-state index contributed by atoms with van der Waals surface area (Å²) in [4.78, 5) is 37.4. The van der Waals surface area contributed by atoms with E-state index < -0.39 is 16.7 Å². The van der Waals surface area contributed by atoms with Crippen molar-refractivity contribution in [2.45, 2.75) is 0 Å². The van der Waals surface area contributed by atoms with Gasteiger partial charge in [0.05, 0.1) is 27.3 Å². The lowest BCUT2D eigenvalue weighted by Gasteiger charge is -2.29. The molecule has 2 aliphatic rings. The number of fused-ring (bicyclic) bond motifs is 1. The van der Waals surface area contributed by atoms with Gasteiger partial charge in [-0.2, -0.15) is 0 Å². The summed E-state index contributed by atoms with van der Waals surface area (Å²) < 4.78 is 10.4. The van der Waals surface area contributed by atoms with Gasteiger partial charge < -0.3 is 9.47 Å². The fourth-order valence-electron chi connectivity index (χ4n) is 2.92. The van der Waals surface area contributed by atoms with Crippen LogP contribution in [0, 0.1) is 10.1 Å². The molecular weight excluding hydrogens is 457 g/mol. The maximum atomic E-state index is 13.1. The highest BCUT2D eigenvalue weighted by molar-refractivity contribution is 7.80. The number of nitrogens with zero attached hydrogens (tertiary/aromatic N) is 2. The Hall–Kier alpha value is -3.21. The quantitative estimate of drug-likeness (QED) is 0.243. The highest BCUT2D eigenvalue weighted by Gasteiger charge is 2.36. The Morgan fingerprint density at radius 2 is 1.87 bits per heavy atom. The van der Waals surface area contributed by atoms with Crippen molar-refractivity contribution in [2.24, 2.45) is 0 Å². The van der Waals surface area contributed by atoms with Crippen LogP contribution in [-0.2, 0) is 9.59 Å². The van der Waals surface area contributed by atoms with Gasteiger partial charge in [0.1, 0.15) is 5.57 Å². The molecule has 12 heteroatoms. The molecule has 4 rings (SSSR count). The molecule has 1 saturated heterocycles. The van der Waals surface area contributed by atoms with Gasteiger partial charge in [0.2, 0.25) is 6.79 Å². The standard InChI is InChI=1S/C18H9Cl2N3O6S/c19-9-1-2-12(11(20)5-9)22-17(25)10(16(24)21-18(22)30)3-8-4-14-15(29-7-28-14)6-13(8)23(26)27/h1-6H,7H2,(H,21,24,30)/b10-3+. The molecule has 0 unspecified atom stereocenters. The molecule has 1 N–H and O–H groups in total. The summed E-state index contributed by atoms with van der Waals surface area (Å²) in [6.45, 7) is -0.0942. The van der Waals surface area contributed by atoms with Crippen LogP contribution in [0.5, 0.6) is 11.5 Å². The zero-order valence-electron chi connectivity index (χ0n) is 14.7. The molecule has 0 aromatic heterocycles. The van der Waals surface area contributed by atoms with Gasteiger partial charge in [0, 0.05) is 5.02 Å². The van der Waals surface area contributed by atoms with E-state index in [1.165, 1.54) is 30.3 Å². The van der Waals surface area contributed by atoms with Crippen molar-refractivity contribution in [1.82, 2.24) is 5.32 Å². The molecule has 30 heavy (non-hydrogen) atoms. The number of nitro benzene ring substituents is 1. The fraction of sp³-hybridized carbons (Fsp3) is 0.0556. The van der Waals surface area contributed by atoms with E-state index >= 15 is 0 Å². The molecule has 0 saturated carbocycles. The summed E-state index contributed by atoms with van der Waals surface area (Å²) in [5, 5.41) is 14.1. The van der Waals surface area contributed by atoms with Crippen LogP contribution in [0.25, 0.3) is 6.08 Å². The largest absolute Gasteiger partial charge is 0.454 e. The number of hydrogen-bond donors (Lipinski definition) is 1. The number of nitrogens with one attached hydrogen (secondary N) is 1. The van der Waals surface area contributed by atoms with E-state index in [0.29, 0.717) is 5.02 Å². The summed E-state index contributed by atoms with van der Waals surface area (Å²) in [6.07, 6.45) is 1.09. The molecule has 2 aliphatic heterocycles. The topological polar surface area (TPSA) is 111 Å². The van der Waals surface area contributed by atoms with Gasteiger partial charge in [0.25, 0.3) is 17.5 Å². The summed E-state index contributed by atoms with van der Waals surface area (Å²) >= 11 is 17.2. The average Bonchev–Trinajstić information content (AvgIpc) is 3.13. The minimum atomic E-state index is -0.807. The molecule has 2 aromatic carbocycles. The first-order chi connectivity index (χ1) is 14.3. The maximum absolute atomic E-state index is 13.1. The predicted octanol–water partition coefficient (Wildman–Crippen LogP) is 3.46. The molecular formula is C18H9Cl2N3O6S. The van der Waals surface area contributed by atoms with E-state index in [2.05, 4.69) is 5.32 Å². The van der Waals surface area contributed by atoms with E-state index in [0.717, 1.165) is 11.0 Å². The third-order valence-corrected chi connectivity index (χ3v) is 5.09. The SMILES string of the molecule is O=C1NC(=S)N(c2ccc(Cl)cc2Cl)C(=O)/C1=C/c1cc2c(cc1[N+](=O)[O-])OCO2. The lowest BCUT2D eigenvalue weighted by atomic mass is 10.0. The summed E-state index contributed by atoms with van der Waals surface area (Å²) in [5.41, 5.74) is -0.562. The Balaban J connectivity index is 1.81. The second-order valence-electron chi connectivity index (χ2n) is 6.07. The smallest absolute Gasteiger partial charge is 0.280 e. The first kappa shape index (κ1) is 20.1. The van der Waals surface area contributed by atoms with Crippen molar-refractivity contribution in [3.05, 3.63) is 61.6 Å². The molecule has 2 heterocycles. The highest BCUT2D eigenvalue weighted by Crippen LogP contribution is 2.39. The van der Waals surface area contributed by atoms with Gasteiger partial charge >= 0.3 is 0 Å². The van der Waals surface area contributed by atoms with Crippen LogP contribution in [0.3, 0.4) is 0 Å². The molecule has 0 bridgehead atoms. The third kappa shape index (κ3) is 3.45. The number of halogens is 2. The van der Waals surface area contributed by atoms with Gasteiger partial charge in [-0.05, 0) is 42.6 Å². The first-order valence-corrected chi connectivity index (χ1v) is 9.37. The van der Waals surface area contributed by atoms with Crippen LogP contribution >= 0.6 is 35.4 Å². The zero-order chi connectivity index (χ0) is 21.6. The third-order valence-electron chi connectivity index (χ3n) is 4.27. The second-order valence-corrected chi connectivity index (χ2v) is 7.31. The number of nitro groups is 1. The highest BCUT2D eigenvalue weighted by atomic mass is 35.5. The normalized spacial score (nSPS) is 16.8. The number of carbonyl (C=O) groups is 2. The van der Waals surface area contributed by atoms with Crippen molar-refractivity contribution in [3.8, 4) is 11.5 Å². The number of carbonyl (C=O) groups excluding carboxylic acids is 2. The molecule has 2 amide bonds. The lowest BCUT2D eigenvalue weighted by Crippen LogP contribution is -2.54. The summed E-state index contributed by atoms with van der Waals surface area (Å²) in [7, 11) is 0. The van der Waals surface area contributed by atoms with E-state index in [1.54, 1.807) is 0 Å². The minimum Gasteiger partial charge on any atom is -0.454 e. The van der Waals surface area contributed by atoms with E-state index in [9.17, 15) is 19.7 Å². The summed E-state index contributed by atoms with van der Waals surface area (Å²) in [6, 6.07) is 6.87. The monoisotopic (exact) mass is 465 g/mol. The van der Waals surface area contributed by atoms with Crippen LogP contribution in [0.2, 0.25) is 10.0 Å². The first-order valence-electron chi connectivity index (χ1n) is 8.21. The number of anilines is 1. The van der Waals surface area contributed by atoms with Gasteiger partial charge in [0.15, 0.2) is 16.6 Å². The predicted molar refractivity (Wildman–Crippen MR) is 112 cm³/mol. The van der Waals surface area contributed by atoms with Gasteiger partial charge in [-0.3, -0.25) is 29.9 Å². The van der Waals surface area contributed by atoms with Crippen molar-refractivity contribution < 1.29 is 24.0 Å². The van der Waals surface area contributed by atoms with Gasteiger partial charge in [-0.15, -0.1) is 0 Å². The molecule has 152 valence electrons. The van der Waals surface area contributed by atoms with Crippen LogP contribution in [0.4, 0.5) is 11.4 Å². The molecule has 0 radical (unpaired) electrons. The zero-order valence-corrected chi connectivity index (χ0v) is 17.0. The van der Waals surface area contributed by atoms with Crippen molar-refractivity contribution >= 4 is 69.8 Å². The Kier molecular flexibility index (Phi) is 5.06. The van der Waals surface area contributed by atoms with Crippen LogP contribution in [0.1, 0.15) is 5.56 Å². The van der Waals surface area contributed by atoms with Crippen molar-refractivity contribution in [3.63, 3.8) is 0 Å². The molecule has 9 nitrogen and oxygen atoms in total. The number of rotatable bonds is 3. The number of hydrogen-bond acceptors (Lipinski definition) is 7. The maximum Gasteiger partial charge on any atom is 0.280 e. The lowest BCUT2D eigenvalue weighted by molar-refractivity contribution is -0.385. The fourth-order valence-corrected chi connectivity index (χ4v) is 3.68. The molecule has 0 atom stereocenters. The Labute approximate surface area is 183 Å². The average molecular weight is 466 g/mol. The second kappa shape index (κ2) is 7.56. The van der Waals surface area contributed by atoms with Crippen molar-refractivity contribution in [1.29, 1.82) is 0 Å². The Morgan fingerprint density at radius 3 is 2.53 bits per heavy atom. The number of benzene rings is 2. The van der Waals surface area contributed by atoms with Crippen LogP contribution in [-0.4, -0.2) is 28.6 Å². The molecule has 0 aliphatic carbocycles. The minimum absolute atomic E-state index is 0.0160. The van der Waals surface area contributed by atoms with E-state index in [4.69, 9.17) is 44.9 Å². The Morgan fingerprint density at radius 1 is 1.17 bits per heavy atom. The number of thiocarbonyl (C=S) groups is 1. The Bertz CT molecular complexity index is 1180.